The van der Waals surface area contributed by atoms with Crippen LogP contribution in [0.3, 0.4) is 0 Å². The summed E-state index contributed by atoms with van der Waals surface area (Å²) in [6.45, 7) is 4.40. The monoisotopic (exact) mass is 372 g/mol. The van der Waals surface area contributed by atoms with E-state index in [4.69, 9.17) is 11.6 Å². The van der Waals surface area contributed by atoms with Crippen LogP contribution in [0.15, 0.2) is 30.6 Å². The molecule has 1 aromatic carbocycles. The highest BCUT2D eigenvalue weighted by Crippen LogP contribution is 2.37. The maximum Gasteiger partial charge on any atom is 0.418 e. The second-order valence-electron chi connectivity index (χ2n) is 5.71. The van der Waals surface area contributed by atoms with Gasteiger partial charge in [-0.25, -0.2) is 9.97 Å². The summed E-state index contributed by atoms with van der Waals surface area (Å²) in [5.41, 5.74) is -0.936. The van der Waals surface area contributed by atoms with Crippen molar-refractivity contribution in [1.82, 2.24) is 15.3 Å². The molecule has 0 saturated carbocycles. The fourth-order valence-corrected chi connectivity index (χ4v) is 2.06. The zero-order valence-electron chi connectivity index (χ0n) is 13.5. The van der Waals surface area contributed by atoms with Crippen molar-refractivity contribution in [3.05, 3.63) is 46.7 Å². The largest absolute Gasteiger partial charge is 0.418 e. The van der Waals surface area contributed by atoms with Gasteiger partial charge in [0.05, 0.1) is 16.8 Å². The smallest absolute Gasteiger partial charge is 0.352 e. The third-order valence-corrected chi connectivity index (χ3v) is 3.35. The SMILES string of the molecule is CC(C)CNC(=O)c1cnc(Nc2ccc(Cl)cc2C(F)(F)F)nc1. The molecule has 0 bridgehead atoms. The Kier molecular flexibility index (Phi) is 5.84. The Morgan fingerprint density at radius 2 is 1.88 bits per heavy atom. The van der Waals surface area contributed by atoms with Crippen LogP contribution in [0.4, 0.5) is 24.8 Å². The van der Waals surface area contributed by atoms with Crippen LogP contribution in [0.1, 0.15) is 29.8 Å². The number of carbonyl (C=O) groups excluding carboxylic acids is 1. The van der Waals surface area contributed by atoms with E-state index >= 15 is 0 Å². The second-order valence-corrected chi connectivity index (χ2v) is 6.15. The number of aromatic nitrogens is 2. The summed E-state index contributed by atoms with van der Waals surface area (Å²) in [4.78, 5) is 19.6. The Morgan fingerprint density at radius 3 is 2.44 bits per heavy atom. The maximum absolute atomic E-state index is 13.1. The number of rotatable bonds is 5. The number of benzene rings is 1. The van der Waals surface area contributed by atoms with E-state index < -0.39 is 11.7 Å². The van der Waals surface area contributed by atoms with Crippen LogP contribution in [0.2, 0.25) is 5.02 Å². The van der Waals surface area contributed by atoms with Crippen LogP contribution in [-0.4, -0.2) is 22.4 Å². The molecule has 1 heterocycles. The fraction of sp³-hybridized carbons (Fsp3) is 0.312. The number of nitrogens with zero attached hydrogens (tertiary/aromatic N) is 2. The number of nitrogens with one attached hydrogen (secondary N) is 2. The first-order valence-corrected chi connectivity index (χ1v) is 7.78. The molecule has 1 amide bonds. The van der Waals surface area contributed by atoms with E-state index in [1.807, 2.05) is 13.8 Å². The van der Waals surface area contributed by atoms with Gasteiger partial charge in [0.1, 0.15) is 0 Å². The molecular weight excluding hydrogens is 357 g/mol. The summed E-state index contributed by atoms with van der Waals surface area (Å²) in [5.74, 6) is -0.118. The first kappa shape index (κ1) is 19.0. The van der Waals surface area contributed by atoms with Gasteiger partial charge in [0.2, 0.25) is 5.95 Å². The molecule has 0 atom stereocenters. The molecule has 5 nitrogen and oxygen atoms in total. The first-order chi connectivity index (χ1) is 11.7. The van der Waals surface area contributed by atoms with E-state index in [-0.39, 0.29) is 34.0 Å². The molecule has 0 fully saturated rings. The number of carbonyl (C=O) groups is 1. The predicted molar refractivity (Wildman–Crippen MR) is 88.9 cm³/mol. The van der Waals surface area contributed by atoms with Gasteiger partial charge in [-0.05, 0) is 24.1 Å². The minimum atomic E-state index is -4.58. The summed E-state index contributed by atoms with van der Waals surface area (Å²) < 4.78 is 39.2. The molecule has 0 unspecified atom stereocenters. The molecule has 0 aliphatic heterocycles. The lowest BCUT2D eigenvalue weighted by Gasteiger charge is -2.14. The molecular formula is C16H16ClF3N4O. The third-order valence-electron chi connectivity index (χ3n) is 3.12. The van der Waals surface area contributed by atoms with Crippen LogP contribution >= 0.6 is 11.6 Å². The van der Waals surface area contributed by atoms with E-state index in [9.17, 15) is 18.0 Å². The average molecular weight is 373 g/mol. The summed E-state index contributed by atoms with van der Waals surface area (Å²) in [6, 6.07) is 3.34. The lowest BCUT2D eigenvalue weighted by atomic mass is 10.1. The van der Waals surface area contributed by atoms with Crippen molar-refractivity contribution in [2.24, 2.45) is 5.92 Å². The number of hydrogen-bond donors (Lipinski definition) is 2. The number of hydrogen-bond acceptors (Lipinski definition) is 4. The molecule has 2 rings (SSSR count). The third kappa shape index (κ3) is 5.32. The summed E-state index contributed by atoms with van der Waals surface area (Å²) in [7, 11) is 0. The average Bonchev–Trinajstić information content (AvgIpc) is 2.54. The number of anilines is 2. The van der Waals surface area contributed by atoms with Crippen molar-refractivity contribution >= 4 is 29.1 Å². The van der Waals surface area contributed by atoms with Crippen molar-refractivity contribution in [3.8, 4) is 0 Å². The van der Waals surface area contributed by atoms with E-state index in [0.29, 0.717) is 6.54 Å². The quantitative estimate of drug-likeness (QED) is 0.822. The van der Waals surface area contributed by atoms with Gasteiger partial charge in [-0.2, -0.15) is 13.2 Å². The summed E-state index contributed by atoms with van der Waals surface area (Å²) in [6.07, 6.45) is -2.09. The van der Waals surface area contributed by atoms with Crippen molar-refractivity contribution in [2.75, 3.05) is 11.9 Å². The molecule has 0 spiro atoms. The minimum absolute atomic E-state index is 0.0315. The first-order valence-electron chi connectivity index (χ1n) is 7.41. The minimum Gasteiger partial charge on any atom is -0.352 e. The van der Waals surface area contributed by atoms with Crippen LogP contribution in [-0.2, 0) is 6.18 Å². The van der Waals surface area contributed by atoms with Crippen LogP contribution in [0.5, 0.6) is 0 Å². The van der Waals surface area contributed by atoms with Crippen LogP contribution < -0.4 is 10.6 Å². The zero-order valence-corrected chi connectivity index (χ0v) is 14.2. The lowest BCUT2D eigenvalue weighted by Crippen LogP contribution is -2.27. The molecule has 1 aromatic heterocycles. The Morgan fingerprint density at radius 1 is 1.24 bits per heavy atom. The Bertz CT molecular complexity index is 748. The van der Waals surface area contributed by atoms with Gasteiger partial charge < -0.3 is 10.6 Å². The van der Waals surface area contributed by atoms with E-state index in [1.165, 1.54) is 24.5 Å². The molecule has 0 saturated heterocycles. The Hall–Kier alpha value is -2.35. The number of amides is 1. The maximum atomic E-state index is 13.1. The van der Waals surface area contributed by atoms with Crippen molar-refractivity contribution < 1.29 is 18.0 Å². The van der Waals surface area contributed by atoms with Crippen LogP contribution in [0, 0.1) is 5.92 Å². The normalized spacial score (nSPS) is 11.5. The molecule has 134 valence electrons. The van der Waals surface area contributed by atoms with Gasteiger partial charge >= 0.3 is 6.18 Å². The van der Waals surface area contributed by atoms with Gasteiger partial charge in [-0.15, -0.1) is 0 Å². The summed E-state index contributed by atoms with van der Waals surface area (Å²) >= 11 is 5.63. The Labute approximate surface area is 147 Å². The van der Waals surface area contributed by atoms with Crippen molar-refractivity contribution in [3.63, 3.8) is 0 Å². The van der Waals surface area contributed by atoms with Crippen molar-refractivity contribution in [2.45, 2.75) is 20.0 Å². The molecule has 2 N–H and O–H groups in total. The lowest BCUT2D eigenvalue weighted by molar-refractivity contribution is -0.136. The van der Waals surface area contributed by atoms with Gasteiger partial charge in [-0.3, -0.25) is 4.79 Å². The van der Waals surface area contributed by atoms with Gasteiger partial charge in [0.25, 0.3) is 5.91 Å². The number of halogens is 4. The molecule has 9 heteroatoms. The van der Waals surface area contributed by atoms with E-state index in [2.05, 4.69) is 20.6 Å². The Balaban J connectivity index is 2.16. The van der Waals surface area contributed by atoms with Gasteiger partial charge in [0, 0.05) is 24.0 Å². The molecule has 0 aliphatic rings. The van der Waals surface area contributed by atoms with Crippen molar-refractivity contribution in [1.29, 1.82) is 0 Å². The highest BCUT2D eigenvalue weighted by molar-refractivity contribution is 6.30. The standard InChI is InChI=1S/C16H16ClF3N4O/c1-9(2)6-21-14(25)10-7-22-15(23-8-10)24-13-4-3-11(17)5-12(13)16(18,19)20/h3-5,7-9H,6H2,1-2H3,(H,21,25)(H,22,23,24). The summed E-state index contributed by atoms with van der Waals surface area (Å²) in [5, 5.41) is 5.16. The molecule has 2 aromatic rings. The van der Waals surface area contributed by atoms with Gasteiger partial charge in [-0.1, -0.05) is 25.4 Å². The fourth-order valence-electron chi connectivity index (χ4n) is 1.89. The van der Waals surface area contributed by atoms with Gasteiger partial charge in [0.15, 0.2) is 0 Å². The zero-order chi connectivity index (χ0) is 18.6. The van der Waals surface area contributed by atoms with Crippen LogP contribution in [0.25, 0.3) is 0 Å². The van der Waals surface area contributed by atoms with E-state index in [1.54, 1.807) is 0 Å². The topological polar surface area (TPSA) is 66.9 Å². The second kappa shape index (κ2) is 7.69. The molecule has 0 radical (unpaired) electrons. The highest BCUT2D eigenvalue weighted by Gasteiger charge is 2.34. The molecule has 0 aliphatic carbocycles. The van der Waals surface area contributed by atoms with E-state index in [0.717, 1.165) is 6.07 Å². The molecule has 25 heavy (non-hydrogen) atoms. The highest BCUT2D eigenvalue weighted by atomic mass is 35.5. The number of alkyl halides is 3. The predicted octanol–water partition coefficient (Wildman–Crippen LogP) is 4.28.